The third kappa shape index (κ3) is 4.82. The minimum atomic E-state index is -0.651. The van der Waals surface area contributed by atoms with Gasteiger partial charge in [0.15, 0.2) is 5.82 Å². The molecular weight excluding hydrogens is 433 g/mol. The molecule has 180 valence electrons. The van der Waals surface area contributed by atoms with E-state index >= 15 is 0 Å². The lowest BCUT2D eigenvalue weighted by Gasteiger charge is -2.26. The predicted molar refractivity (Wildman–Crippen MR) is 133 cm³/mol. The van der Waals surface area contributed by atoms with Crippen LogP contribution in [-0.2, 0) is 6.61 Å². The Labute approximate surface area is 199 Å². The number of hydrogen-bond donors (Lipinski definition) is 2. The lowest BCUT2D eigenvalue weighted by Crippen LogP contribution is -2.44. The van der Waals surface area contributed by atoms with Gasteiger partial charge in [0.05, 0.1) is 11.8 Å². The van der Waals surface area contributed by atoms with E-state index in [0.717, 1.165) is 48.2 Å². The molecule has 3 aromatic rings. The van der Waals surface area contributed by atoms with Gasteiger partial charge in [0.25, 0.3) is 5.56 Å². The summed E-state index contributed by atoms with van der Waals surface area (Å²) in [5.41, 5.74) is 2.77. The number of halogens is 1. The number of nitrogens with zero attached hydrogens (tertiary/aromatic N) is 3. The molecule has 1 saturated heterocycles. The summed E-state index contributed by atoms with van der Waals surface area (Å²) >= 11 is 0. The first kappa shape index (κ1) is 23.9. The highest BCUT2D eigenvalue weighted by Gasteiger charge is 2.28. The summed E-state index contributed by atoms with van der Waals surface area (Å²) < 4.78 is 20.1. The van der Waals surface area contributed by atoms with Crippen molar-refractivity contribution in [2.24, 2.45) is 0 Å². The largest absolute Gasteiger partial charge is 0.472 e. The first-order chi connectivity index (χ1) is 16.3. The number of hydrogen-bond acceptors (Lipinski definition) is 6. The Hall–Kier alpha value is -3.26. The summed E-state index contributed by atoms with van der Waals surface area (Å²) in [6.07, 6.45) is 2.08. The van der Waals surface area contributed by atoms with Crippen LogP contribution in [-0.4, -0.2) is 39.9 Å². The van der Waals surface area contributed by atoms with E-state index in [0.29, 0.717) is 24.1 Å². The van der Waals surface area contributed by atoms with E-state index in [1.165, 1.54) is 0 Å². The molecule has 1 aromatic carbocycles. The topological polar surface area (TPSA) is 83.1 Å². The molecule has 5 rings (SSSR count). The summed E-state index contributed by atoms with van der Waals surface area (Å²) in [5, 5.41) is 9.45. The quantitative estimate of drug-likeness (QED) is 0.592. The van der Waals surface area contributed by atoms with Crippen molar-refractivity contribution in [3.05, 3.63) is 58.3 Å². The number of fused-ring (bicyclic) bond motifs is 3. The smallest absolute Gasteiger partial charge is 0.275 e. The molecule has 1 fully saturated rings. The van der Waals surface area contributed by atoms with Crippen molar-refractivity contribution in [2.75, 3.05) is 18.0 Å². The van der Waals surface area contributed by atoms with Crippen LogP contribution in [0.5, 0.6) is 5.88 Å². The highest BCUT2D eigenvalue weighted by molar-refractivity contribution is 5.78. The monoisotopic (exact) mass is 465 g/mol. The zero-order chi connectivity index (χ0) is 24.5. The fourth-order valence-corrected chi connectivity index (χ4v) is 4.54. The molecule has 0 radical (unpaired) electrons. The van der Waals surface area contributed by atoms with Crippen LogP contribution < -0.4 is 20.5 Å². The van der Waals surface area contributed by atoms with Gasteiger partial charge in [-0.1, -0.05) is 26.0 Å². The normalized spacial score (nSPS) is 16.8. The fraction of sp³-hybridized carbons (Fsp3) is 0.423. The second-order valence-electron chi connectivity index (χ2n) is 9.43. The van der Waals surface area contributed by atoms with Crippen LogP contribution in [0.25, 0.3) is 22.3 Å². The Kier molecular flexibility index (Phi) is 6.70. The summed E-state index contributed by atoms with van der Waals surface area (Å²) in [5.74, 6) is 0.859. The first-order valence-corrected chi connectivity index (χ1v) is 11.8. The molecular formula is C26H32FN5O2. The van der Waals surface area contributed by atoms with Crippen molar-refractivity contribution in [3.63, 3.8) is 0 Å². The van der Waals surface area contributed by atoms with Crippen molar-refractivity contribution >= 4 is 5.82 Å². The van der Waals surface area contributed by atoms with E-state index in [9.17, 15) is 9.18 Å². The number of H-pyrrole nitrogens is 1. The molecule has 0 amide bonds. The Morgan fingerprint density at radius 2 is 1.94 bits per heavy atom. The maximum Gasteiger partial charge on any atom is 0.275 e. The molecule has 0 saturated carbocycles. The van der Waals surface area contributed by atoms with Crippen LogP contribution in [0.4, 0.5) is 10.2 Å². The van der Waals surface area contributed by atoms with E-state index in [1.807, 2.05) is 32.0 Å². The summed E-state index contributed by atoms with van der Waals surface area (Å²) in [6, 6.07) is 9.93. The van der Waals surface area contributed by atoms with Gasteiger partial charge < -0.3 is 15.0 Å². The van der Waals surface area contributed by atoms with Crippen molar-refractivity contribution < 1.29 is 9.13 Å². The number of aromatic amines is 1. The van der Waals surface area contributed by atoms with Crippen molar-refractivity contribution in [1.82, 2.24) is 20.5 Å². The SMILES string of the molecule is CC.CC(C)(C)NC1CCN(c2ccc3c(n2)OCc2cc(-c4c(F)cn[nH]c4=O)ccc2-3)C1. The molecule has 0 bridgehead atoms. The molecule has 2 aliphatic heterocycles. The van der Waals surface area contributed by atoms with E-state index in [4.69, 9.17) is 9.72 Å². The van der Waals surface area contributed by atoms with Gasteiger partial charge in [-0.2, -0.15) is 10.1 Å². The van der Waals surface area contributed by atoms with Crippen LogP contribution in [0, 0.1) is 5.82 Å². The summed E-state index contributed by atoms with van der Waals surface area (Å²) in [6.45, 7) is 12.7. The number of pyridine rings is 1. The summed E-state index contributed by atoms with van der Waals surface area (Å²) in [4.78, 5) is 19.1. The average molecular weight is 466 g/mol. The van der Waals surface area contributed by atoms with Crippen LogP contribution in [0.1, 0.15) is 46.6 Å². The Morgan fingerprint density at radius 3 is 2.68 bits per heavy atom. The Bertz CT molecular complexity index is 1230. The molecule has 1 unspecified atom stereocenters. The van der Waals surface area contributed by atoms with Crippen LogP contribution in [0.15, 0.2) is 41.3 Å². The molecule has 0 spiro atoms. The third-order valence-corrected chi connectivity index (χ3v) is 5.85. The van der Waals surface area contributed by atoms with Gasteiger partial charge in [-0.25, -0.2) is 9.49 Å². The molecule has 4 heterocycles. The number of nitrogens with one attached hydrogen (secondary N) is 2. The fourth-order valence-electron chi connectivity index (χ4n) is 4.54. The second-order valence-corrected chi connectivity index (χ2v) is 9.43. The lowest BCUT2D eigenvalue weighted by atomic mass is 9.95. The highest BCUT2D eigenvalue weighted by Crippen LogP contribution is 2.39. The van der Waals surface area contributed by atoms with Crippen LogP contribution in [0.3, 0.4) is 0 Å². The number of rotatable bonds is 3. The molecule has 34 heavy (non-hydrogen) atoms. The number of benzene rings is 1. The lowest BCUT2D eigenvalue weighted by molar-refractivity contribution is 0.290. The molecule has 7 nitrogen and oxygen atoms in total. The van der Waals surface area contributed by atoms with Gasteiger partial charge in [0.2, 0.25) is 5.88 Å². The van der Waals surface area contributed by atoms with E-state index in [1.54, 1.807) is 12.1 Å². The minimum absolute atomic E-state index is 0.0190. The van der Waals surface area contributed by atoms with Gasteiger partial charge >= 0.3 is 0 Å². The molecule has 2 aromatic heterocycles. The van der Waals surface area contributed by atoms with E-state index < -0.39 is 11.4 Å². The van der Waals surface area contributed by atoms with Crippen molar-refractivity contribution in [2.45, 2.75) is 59.2 Å². The van der Waals surface area contributed by atoms with Gasteiger partial charge in [-0.05, 0) is 62.1 Å². The third-order valence-electron chi connectivity index (χ3n) is 5.85. The zero-order valence-electron chi connectivity index (χ0n) is 20.4. The molecule has 0 aliphatic carbocycles. The van der Waals surface area contributed by atoms with E-state index in [2.05, 4.69) is 41.2 Å². The second kappa shape index (κ2) is 9.54. The first-order valence-electron chi connectivity index (χ1n) is 11.8. The van der Waals surface area contributed by atoms with E-state index in [-0.39, 0.29) is 11.1 Å². The molecule has 2 aliphatic rings. The van der Waals surface area contributed by atoms with Crippen LogP contribution >= 0.6 is 0 Å². The Morgan fingerprint density at radius 1 is 1.18 bits per heavy atom. The van der Waals surface area contributed by atoms with Gasteiger partial charge in [0.1, 0.15) is 12.4 Å². The average Bonchev–Trinajstić information content (AvgIpc) is 3.26. The van der Waals surface area contributed by atoms with Crippen molar-refractivity contribution in [3.8, 4) is 28.1 Å². The van der Waals surface area contributed by atoms with Gasteiger partial charge in [0, 0.05) is 30.2 Å². The maximum atomic E-state index is 14.2. The number of aromatic nitrogens is 3. The minimum Gasteiger partial charge on any atom is -0.472 e. The Balaban J connectivity index is 0.00000133. The number of anilines is 1. The molecule has 2 N–H and O–H groups in total. The van der Waals surface area contributed by atoms with Crippen LogP contribution in [0.2, 0.25) is 0 Å². The maximum absolute atomic E-state index is 14.2. The summed E-state index contributed by atoms with van der Waals surface area (Å²) in [7, 11) is 0. The zero-order valence-corrected chi connectivity index (χ0v) is 20.4. The molecule has 8 heteroatoms. The van der Waals surface area contributed by atoms with Crippen molar-refractivity contribution in [1.29, 1.82) is 0 Å². The number of ether oxygens (including phenoxy) is 1. The predicted octanol–water partition coefficient (Wildman–Crippen LogP) is 4.52. The highest BCUT2D eigenvalue weighted by atomic mass is 19.1. The van der Waals surface area contributed by atoms with Gasteiger partial charge in [-0.15, -0.1) is 0 Å². The standard InChI is InChI=1S/C24H26FN5O2.C2H6/c1-24(2,3)28-16-8-9-30(12-16)20-7-6-18-17-5-4-14(10-15(17)13-32-23(18)27-20)21-19(25)11-26-29-22(21)31;1-2/h4-7,10-11,16,28H,8-9,12-13H2,1-3H3,(H,29,31);1-2H3. The van der Waals surface area contributed by atoms with Gasteiger partial charge in [-0.3, -0.25) is 4.79 Å². The molecule has 1 atom stereocenters.